The Balaban J connectivity index is 1.60. The van der Waals surface area contributed by atoms with Gasteiger partial charge in [0.2, 0.25) is 0 Å². The fraction of sp³-hybridized carbons (Fsp3) is 0.667. The molecule has 0 aliphatic carbocycles. The highest BCUT2D eigenvalue weighted by Crippen LogP contribution is 2.12. The minimum absolute atomic E-state index is 0.439. The average molecular weight is 263 g/mol. The number of pyridine rings is 1. The summed E-state index contributed by atoms with van der Waals surface area (Å²) in [5.74, 6) is 0. The van der Waals surface area contributed by atoms with E-state index in [9.17, 15) is 0 Å². The summed E-state index contributed by atoms with van der Waals surface area (Å²) in [5, 5.41) is 3.45. The van der Waals surface area contributed by atoms with Gasteiger partial charge in [0.25, 0.3) is 0 Å². The molecular formula is C15H25N3O. The van der Waals surface area contributed by atoms with Gasteiger partial charge in [-0.25, -0.2) is 0 Å². The minimum atomic E-state index is 0.439. The Kier molecular flexibility index (Phi) is 6.27. The summed E-state index contributed by atoms with van der Waals surface area (Å²) < 4.78 is 5.72. The fourth-order valence-electron chi connectivity index (χ4n) is 2.54. The van der Waals surface area contributed by atoms with Crippen molar-refractivity contribution in [1.29, 1.82) is 0 Å². The Bertz CT molecular complexity index is 343. The summed E-state index contributed by atoms with van der Waals surface area (Å²) in [6, 6.07) is 6.03. The first-order valence-electron chi connectivity index (χ1n) is 7.33. The van der Waals surface area contributed by atoms with Gasteiger partial charge in [-0.15, -0.1) is 0 Å². The fourth-order valence-corrected chi connectivity index (χ4v) is 2.54. The molecule has 0 radical (unpaired) electrons. The summed E-state index contributed by atoms with van der Waals surface area (Å²) in [7, 11) is 0. The standard InChI is InChI=1S/C15H25N3O/c1-2-19-15-7-5-10-18(13-15)11-9-16-12-14-6-3-4-8-17-14/h3-4,6,8,15-16H,2,5,7,9-13H2,1H3. The van der Waals surface area contributed by atoms with Gasteiger partial charge in [0, 0.05) is 39.0 Å². The Hall–Kier alpha value is -0.970. The molecule has 106 valence electrons. The normalized spacial score (nSPS) is 20.6. The van der Waals surface area contributed by atoms with Crippen LogP contribution in [0.1, 0.15) is 25.5 Å². The Morgan fingerprint density at radius 2 is 2.42 bits per heavy atom. The van der Waals surface area contributed by atoms with Gasteiger partial charge in [0.15, 0.2) is 0 Å². The van der Waals surface area contributed by atoms with Crippen LogP contribution < -0.4 is 5.32 Å². The first-order valence-corrected chi connectivity index (χ1v) is 7.33. The molecule has 1 fully saturated rings. The van der Waals surface area contributed by atoms with Crippen molar-refractivity contribution in [3.05, 3.63) is 30.1 Å². The van der Waals surface area contributed by atoms with Gasteiger partial charge in [-0.1, -0.05) is 6.07 Å². The second-order valence-electron chi connectivity index (χ2n) is 5.02. The number of likely N-dealkylation sites (tertiary alicyclic amines) is 1. The molecule has 1 atom stereocenters. The lowest BCUT2D eigenvalue weighted by Gasteiger charge is -2.32. The van der Waals surface area contributed by atoms with Crippen LogP contribution in [0.15, 0.2) is 24.4 Å². The van der Waals surface area contributed by atoms with Crippen LogP contribution in [-0.4, -0.2) is 48.8 Å². The number of nitrogens with one attached hydrogen (secondary N) is 1. The first kappa shape index (κ1) is 14.4. The summed E-state index contributed by atoms with van der Waals surface area (Å²) in [5.41, 5.74) is 1.10. The quantitative estimate of drug-likeness (QED) is 0.759. The third-order valence-electron chi connectivity index (χ3n) is 3.50. The van der Waals surface area contributed by atoms with Crippen LogP contribution in [0.5, 0.6) is 0 Å². The molecule has 2 heterocycles. The predicted octanol–water partition coefficient (Wildman–Crippen LogP) is 1.67. The molecule has 0 aromatic carbocycles. The molecule has 0 amide bonds. The topological polar surface area (TPSA) is 37.4 Å². The molecule has 1 aromatic rings. The van der Waals surface area contributed by atoms with Crippen molar-refractivity contribution in [3.8, 4) is 0 Å². The molecule has 0 spiro atoms. The zero-order valence-electron chi connectivity index (χ0n) is 11.8. The van der Waals surface area contributed by atoms with Crippen molar-refractivity contribution in [2.75, 3.05) is 32.8 Å². The van der Waals surface area contributed by atoms with Crippen molar-refractivity contribution < 1.29 is 4.74 Å². The number of hydrogen-bond acceptors (Lipinski definition) is 4. The van der Waals surface area contributed by atoms with E-state index in [-0.39, 0.29) is 0 Å². The number of hydrogen-bond donors (Lipinski definition) is 1. The third kappa shape index (κ3) is 5.27. The number of piperidine rings is 1. The lowest BCUT2D eigenvalue weighted by molar-refractivity contribution is 0.00634. The van der Waals surface area contributed by atoms with E-state index >= 15 is 0 Å². The second kappa shape index (κ2) is 8.25. The number of nitrogens with zero attached hydrogens (tertiary/aromatic N) is 2. The molecule has 1 saturated heterocycles. The summed E-state index contributed by atoms with van der Waals surface area (Å²) in [6.45, 7) is 8.15. The molecule has 1 aliphatic heterocycles. The van der Waals surface area contributed by atoms with E-state index in [1.807, 2.05) is 18.3 Å². The van der Waals surface area contributed by atoms with Crippen LogP contribution in [0, 0.1) is 0 Å². The Morgan fingerprint density at radius 3 is 3.21 bits per heavy atom. The van der Waals surface area contributed by atoms with Gasteiger partial charge >= 0.3 is 0 Å². The van der Waals surface area contributed by atoms with Gasteiger partial charge in [0.05, 0.1) is 11.8 Å². The molecule has 1 aromatic heterocycles. The largest absolute Gasteiger partial charge is 0.377 e. The van der Waals surface area contributed by atoms with Crippen LogP contribution in [0.25, 0.3) is 0 Å². The molecule has 19 heavy (non-hydrogen) atoms. The van der Waals surface area contributed by atoms with E-state index in [0.717, 1.165) is 38.5 Å². The van der Waals surface area contributed by atoms with Gasteiger partial charge in [-0.05, 0) is 38.4 Å². The molecule has 2 rings (SSSR count). The lowest BCUT2D eigenvalue weighted by Crippen LogP contribution is -2.42. The number of ether oxygens (including phenoxy) is 1. The van der Waals surface area contributed by atoms with E-state index < -0.39 is 0 Å². The molecule has 1 N–H and O–H groups in total. The number of rotatable bonds is 7. The molecule has 4 nitrogen and oxygen atoms in total. The minimum Gasteiger partial charge on any atom is -0.377 e. The smallest absolute Gasteiger partial charge is 0.0702 e. The second-order valence-corrected chi connectivity index (χ2v) is 5.02. The molecule has 1 unspecified atom stereocenters. The highest BCUT2D eigenvalue weighted by atomic mass is 16.5. The van der Waals surface area contributed by atoms with E-state index in [0.29, 0.717) is 6.10 Å². The van der Waals surface area contributed by atoms with Gasteiger partial charge in [-0.2, -0.15) is 0 Å². The Labute approximate surface area is 116 Å². The van der Waals surface area contributed by atoms with Crippen molar-refractivity contribution in [3.63, 3.8) is 0 Å². The summed E-state index contributed by atoms with van der Waals surface area (Å²) >= 11 is 0. The third-order valence-corrected chi connectivity index (χ3v) is 3.50. The maximum atomic E-state index is 5.72. The van der Waals surface area contributed by atoms with Crippen LogP contribution in [0.4, 0.5) is 0 Å². The van der Waals surface area contributed by atoms with E-state index in [4.69, 9.17) is 4.74 Å². The van der Waals surface area contributed by atoms with Crippen molar-refractivity contribution >= 4 is 0 Å². The highest BCUT2D eigenvalue weighted by molar-refractivity contribution is 5.02. The highest BCUT2D eigenvalue weighted by Gasteiger charge is 2.19. The van der Waals surface area contributed by atoms with Crippen molar-refractivity contribution in [1.82, 2.24) is 15.2 Å². The maximum absolute atomic E-state index is 5.72. The number of aromatic nitrogens is 1. The average Bonchev–Trinajstić information content (AvgIpc) is 2.46. The monoisotopic (exact) mass is 263 g/mol. The van der Waals surface area contributed by atoms with Crippen LogP contribution in [0.2, 0.25) is 0 Å². The zero-order valence-corrected chi connectivity index (χ0v) is 11.8. The molecule has 1 aliphatic rings. The first-order chi connectivity index (χ1) is 9.38. The van der Waals surface area contributed by atoms with Crippen molar-refractivity contribution in [2.24, 2.45) is 0 Å². The van der Waals surface area contributed by atoms with Crippen LogP contribution in [0.3, 0.4) is 0 Å². The maximum Gasteiger partial charge on any atom is 0.0702 e. The van der Waals surface area contributed by atoms with Gasteiger partial charge in [0.1, 0.15) is 0 Å². The van der Waals surface area contributed by atoms with E-state index in [1.54, 1.807) is 0 Å². The SMILES string of the molecule is CCOC1CCCN(CCNCc2ccccn2)C1. The summed E-state index contributed by atoms with van der Waals surface area (Å²) in [6.07, 6.45) is 4.75. The van der Waals surface area contributed by atoms with Gasteiger partial charge < -0.3 is 10.1 Å². The summed E-state index contributed by atoms with van der Waals surface area (Å²) in [4.78, 5) is 6.80. The van der Waals surface area contributed by atoms with Crippen LogP contribution >= 0.6 is 0 Å². The predicted molar refractivity (Wildman–Crippen MR) is 77.0 cm³/mol. The molecule has 0 saturated carbocycles. The van der Waals surface area contributed by atoms with Crippen LogP contribution in [-0.2, 0) is 11.3 Å². The molecule has 0 bridgehead atoms. The molecule has 4 heteroatoms. The molecular weight excluding hydrogens is 238 g/mol. The van der Waals surface area contributed by atoms with E-state index in [1.165, 1.54) is 19.4 Å². The lowest BCUT2D eigenvalue weighted by atomic mass is 10.1. The zero-order chi connectivity index (χ0) is 13.3. The van der Waals surface area contributed by atoms with E-state index in [2.05, 4.69) is 28.2 Å². The van der Waals surface area contributed by atoms with Gasteiger partial charge in [-0.3, -0.25) is 9.88 Å². The van der Waals surface area contributed by atoms with Crippen molar-refractivity contribution in [2.45, 2.75) is 32.4 Å². The Morgan fingerprint density at radius 1 is 1.47 bits per heavy atom.